The quantitative estimate of drug-likeness (QED) is 0.860. The molecule has 5 heteroatoms. The lowest BCUT2D eigenvalue weighted by atomic mass is 9.87. The number of hydrogen-bond acceptors (Lipinski definition) is 3. The van der Waals surface area contributed by atoms with Crippen LogP contribution in [-0.2, 0) is 4.79 Å². The highest BCUT2D eigenvalue weighted by atomic mass is 19.1. The summed E-state index contributed by atoms with van der Waals surface area (Å²) < 4.78 is 18.8. The number of halogens is 1. The van der Waals surface area contributed by atoms with Crippen LogP contribution in [0.5, 0.6) is 5.75 Å². The Morgan fingerprint density at radius 1 is 1.12 bits per heavy atom. The van der Waals surface area contributed by atoms with Crippen molar-refractivity contribution >= 4 is 5.91 Å². The van der Waals surface area contributed by atoms with Crippen LogP contribution in [0.2, 0.25) is 0 Å². The Bertz CT molecular complexity index is 714. The highest BCUT2D eigenvalue weighted by Crippen LogP contribution is 2.30. The van der Waals surface area contributed by atoms with E-state index in [9.17, 15) is 14.3 Å². The third-order valence-electron chi connectivity index (χ3n) is 4.89. The molecule has 4 nitrogen and oxygen atoms in total. The van der Waals surface area contributed by atoms with Crippen LogP contribution in [0.4, 0.5) is 4.39 Å². The summed E-state index contributed by atoms with van der Waals surface area (Å²) in [7, 11) is 0. The van der Waals surface area contributed by atoms with Gasteiger partial charge in [0, 0.05) is 13.1 Å². The van der Waals surface area contributed by atoms with Crippen molar-refractivity contribution in [2.75, 3.05) is 19.7 Å². The van der Waals surface area contributed by atoms with Gasteiger partial charge in [-0.05, 0) is 36.5 Å². The molecule has 0 bridgehead atoms. The molecule has 1 atom stereocenters. The Balaban J connectivity index is 1.43. The Kier molecular flexibility index (Phi) is 6.23. The number of hydrogen-bond donors (Lipinski definition) is 1. The van der Waals surface area contributed by atoms with Crippen molar-refractivity contribution in [2.45, 2.75) is 25.4 Å². The van der Waals surface area contributed by atoms with Gasteiger partial charge in [-0.15, -0.1) is 0 Å². The van der Waals surface area contributed by atoms with Gasteiger partial charge in [-0.25, -0.2) is 4.39 Å². The molecule has 0 radical (unpaired) electrons. The first-order valence-electron chi connectivity index (χ1n) is 9.03. The van der Waals surface area contributed by atoms with Gasteiger partial charge in [0.05, 0.1) is 19.1 Å². The van der Waals surface area contributed by atoms with E-state index >= 15 is 0 Å². The maximum Gasteiger partial charge on any atom is 0.225 e. The van der Waals surface area contributed by atoms with Gasteiger partial charge in [0.2, 0.25) is 5.91 Å². The molecule has 1 aliphatic heterocycles. The van der Waals surface area contributed by atoms with E-state index in [0.29, 0.717) is 13.1 Å². The number of rotatable bonds is 6. The highest BCUT2D eigenvalue weighted by molar-refractivity contribution is 5.76. The van der Waals surface area contributed by atoms with E-state index in [1.165, 1.54) is 6.07 Å². The van der Waals surface area contributed by atoms with Gasteiger partial charge >= 0.3 is 0 Å². The molecule has 2 aromatic carbocycles. The Labute approximate surface area is 153 Å². The van der Waals surface area contributed by atoms with Crippen LogP contribution >= 0.6 is 0 Å². The zero-order chi connectivity index (χ0) is 18.4. The third kappa shape index (κ3) is 4.61. The number of likely N-dealkylation sites (tertiary alicyclic amines) is 1. The minimum atomic E-state index is -0.488. The molecule has 138 valence electrons. The van der Waals surface area contributed by atoms with Crippen molar-refractivity contribution < 1.29 is 19.0 Å². The molecule has 1 N–H and O–H groups in total. The first-order valence-corrected chi connectivity index (χ1v) is 9.03. The standard InChI is InChI=1S/C21H24FNO3/c22-18-8-4-5-9-19(18)26-15-12-20(24)23-13-10-17(11-14-23)21(25)16-6-2-1-3-7-16/h1-9,17,21,25H,10-15H2. The van der Waals surface area contributed by atoms with Crippen molar-refractivity contribution in [3.8, 4) is 5.75 Å². The minimum Gasteiger partial charge on any atom is -0.490 e. The normalized spacial score (nSPS) is 16.3. The highest BCUT2D eigenvalue weighted by Gasteiger charge is 2.28. The maximum absolute atomic E-state index is 13.5. The van der Waals surface area contributed by atoms with E-state index in [1.807, 2.05) is 30.3 Å². The Morgan fingerprint density at radius 2 is 1.77 bits per heavy atom. The molecule has 0 aromatic heterocycles. The van der Waals surface area contributed by atoms with Gasteiger partial charge in [-0.2, -0.15) is 0 Å². The van der Waals surface area contributed by atoms with Gasteiger partial charge in [-0.1, -0.05) is 42.5 Å². The number of aliphatic hydroxyl groups is 1. The van der Waals surface area contributed by atoms with Gasteiger partial charge in [-0.3, -0.25) is 4.79 Å². The lowest BCUT2D eigenvalue weighted by molar-refractivity contribution is -0.133. The monoisotopic (exact) mass is 357 g/mol. The van der Waals surface area contributed by atoms with E-state index in [0.717, 1.165) is 18.4 Å². The second-order valence-electron chi connectivity index (χ2n) is 6.60. The number of aliphatic hydroxyl groups excluding tert-OH is 1. The molecular weight excluding hydrogens is 333 g/mol. The number of amides is 1. The SMILES string of the molecule is O=C(CCOc1ccccc1F)N1CCC(C(O)c2ccccc2)CC1. The largest absolute Gasteiger partial charge is 0.490 e. The summed E-state index contributed by atoms with van der Waals surface area (Å²) in [5.74, 6) is -0.0780. The molecule has 0 aliphatic carbocycles. The summed E-state index contributed by atoms with van der Waals surface area (Å²) >= 11 is 0. The van der Waals surface area contributed by atoms with E-state index in [2.05, 4.69) is 0 Å². The van der Waals surface area contributed by atoms with Crippen LogP contribution in [0.1, 0.15) is 30.9 Å². The molecule has 26 heavy (non-hydrogen) atoms. The van der Waals surface area contributed by atoms with Crippen LogP contribution in [0.3, 0.4) is 0 Å². The second-order valence-corrected chi connectivity index (χ2v) is 6.60. The van der Waals surface area contributed by atoms with Crippen molar-refractivity contribution in [1.29, 1.82) is 0 Å². The smallest absolute Gasteiger partial charge is 0.225 e. The van der Waals surface area contributed by atoms with E-state index in [4.69, 9.17) is 4.74 Å². The minimum absolute atomic E-state index is 0.00832. The molecular formula is C21H24FNO3. The zero-order valence-corrected chi connectivity index (χ0v) is 14.7. The molecule has 1 heterocycles. The fourth-order valence-electron chi connectivity index (χ4n) is 3.36. The van der Waals surface area contributed by atoms with Gasteiger partial charge < -0.3 is 14.7 Å². The fraction of sp³-hybridized carbons (Fsp3) is 0.381. The first kappa shape index (κ1) is 18.4. The number of para-hydroxylation sites is 1. The van der Waals surface area contributed by atoms with Crippen LogP contribution in [0, 0.1) is 11.7 Å². The summed E-state index contributed by atoms with van der Waals surface area (Å²) in [5, 5.41) is 10.5. The summed E-state index contributed by atoms with van der Waals surface area (Å²) in [6.07, 6.45) is 1.28. The Morgan fingerprint density at radius 3 is 2.46 bits per heavy atom. The summed E-state index contributed by atoms with van der Waals surface area (Å²) in [5.41, 5.74) is 0.926. The predicted molar refractivity (Wildman–Crippen MR) is 97.2 cm³/mol. The molecule has 1 unspecified atom stereocenters. The first-order chi connectivity index (χ1) is 12.6. The molecule has 0 saturated carbocycles. The van der Waals surface area contributed by atoms with Gasteiger partial charge in [0.15, 0.2) is 11.6 Å². The van der Waals surface area contributed by atoms with Crippen LogP contribution in [0.25, 0.3) is 0 Å². The number of nitrogens with zero attached hydrogens (tertiary/aromatic N) is 1. The van der Waals surface area contributed by atoms with E-state index < -0.39 is 11.9 Å². The predicted octanol–water partition coefficient (Wildman–Crippen LogP) is 3.57. The van der Waals surface area contributed by atoms with Crippen molar-refractivity contribution in [3.63, 3.8) is 0 Å². The molecule has 0 spiro atoms. The summed E-state index contributed by atoms with van der Waals surface area (Å²) in [6.45, 7) is 1.42. The molecule has 1 amide bonds. The lowest BCUT2D eigenvalue weighted by Crippen LogP contribution is -2.40. The second kappa shape index (κ2) is 8.81. The molecule has 2 aromatic rings. The fourth-order valence-corrected chi connectivity index (χ4v) is 3.36. The number of piperidine rings is 1. The Hall–Kier alpha value is -2.40. The van der Waals surface area contributed by atoms with E-state index in [1.54, 1.807) is 23.1 Å². The van der Waals surface area contributed by atoms with Crippen LogP contribution < -0.4 is 4.74 Å². The lowest BCUT2D eigenvalue weighted by Gasteiger charge is -2.34. The van der Waals surface area contributed by atoms with Gasteiger partial charge in [0.25, 0.3) is 0 Å². The van der Waals surface area contributed by atoms with Crippen LogP contribution in [-0.4, -0.2) is 35.6 Å². The van der Waals surface area contributed by atoms with Crippen molar-refractivity contribution in [3.05, 3.63) is 66.0 Å². The molecule has 3 rings (SSSR count). The summed E-state index contributed by atoms with van der Waals surface area (Å²) in [4.78, 5) is 14.1. The average molecular weight is 357 g/mol. The molecule has 1 saturated heterocycles. The molecule has 1 aliphatic rings. The van der Waals surface area contributed by atoms with Crippen molar-refractivity contribution in [2.24, 2.45) is 5.92 Å². The topological polar surface area (TPSA) is 49.8 Å². The maximum atomic E-state index is 13.5. The number of ether oxygens (including phenoxy) is 1. The average Bonchev–Trinajstić information content (AvgIpc) is 2.69. The number of benzene rings is 2. The van der Waals surface area contributed by atoms with Crippen LogP contribution in [0.15, 0.2) is 54.6 Å². The van der Waals surface area contributed by atoms with Gasteiger partial charge in [0.1, 0.15) is 0 Å². The number of carbonyl (C=O) groups is 1. The van der Waals surface area contributed by atoms with Crippen molar-refractivity contribution in [1.82, 2.24) is 4.90 Å². The molecule has 1 fully saturated rings. The third-order valence-corrected chi connectivity index (χ3v) is 4.89. The number of carbonyl (C=O) groups excluding carboxylic acids is 1. The zero-order valence-electron chi connectivity index (χ0n) is 14.7. The summed E-state index contributed by atoms with van der Waals surface area (Å²) in [6, 6.07) is 15.8. The van der Waals surface area contributed by atoms with E-state index in [-0.39, 0.29) is 30.6 Å².